The molecule has 0 aliphatic carbocycles. The summed E-state index contributed by atoms with van der Waals surface area (Å²) < 4.78 is 5.43. The molecule has 0 radical (unpaired) electrons. The van der Waals surface area contributed by atoms with Crippen LogP contribution in [0.25, 0.3) is 0 Å². The number of nitrogens with one attached hydrogen (secondary N) is 2. The van der Waals surface area contributed by atoms with Gasteiger partial charge in [0.05, 0.1) is 6.04 Å². The lowest BCUT2D eigenvalue weighted by Gasteiger charge is -2.35. The van der Waals surface area contributed by atoms with Crippen molar-refractivity contribution in [3.63, 3.8) is 0 Å². The molecule has 1 fully saturated rings. The molecule has 2 amide bonds. The number of piperazine rings is 1. The first kappa shape index (κ1) is 17.3. The molecular weight excluding hydrogens is 294 g/mol. The van der Waals surface area contributed by atoms with E-state index in [1.165, 1.54) is 0 Å². The van der Waals surface area contributed by atoms with E-state index in [0.717, 1.165) is 5.56 Å². The van der Waals surface area contributed by atoms with Gasteiger partial charge in [0.15, 0.2) is 0 Å². The van der Waals surface area contributed by atoms with E-state index in [4.69, 9.17) is 4.74 Å². The summed E-state index contributed by atoms with van der Waals surface area (Å²) in [7, 11) is 1.61. The first-order valence-electron chi connectivity index (χ1n) is 7.83. The van der Waals surface area contributed by atoms with Gasteiger partial charge in [-0.2, -0.15) is 0 Å². The fourth-order valence-corrected chi connectivity index (χ4v) is 2.48. The van der Waals surface area contributed by atoms with Gasteiger partial charge in [-0.05, 0) is 38.5 Å². The van der Waals surface area contributed by atoms with E-state index in [0.29, 0.717) is 25.2 Å². The second-order valence-electron chi connectivity index (χ2n) is 6.63. The van der Waals surface area contributed by atoms with Crippen molar-refractivity contribution in [2.75, 3.05) is 26.7 Å². The van der Waals surface area contributed by atoms with Gasteiger partial charge in [0.25, 0.3) is 5.91 Å². The predicted octanol–water partition coefficient (Wildman–Crippen LogP) is 1.93. The lowest BCUT2D eigenvalue weighted by Crippen LogP contribution is -2.49. The highest BCUT2D eigenvalue weighted by Crippen LogP contribution is 2.20. The van der Waals surface area contributed by atoms with Crippen LogP contribution in [0, 0.1) is 0 Å². The minimum absolute atomic E-state index is 0.0370. The molecule has 2 rings (SSSR count). The van der Waals surface area contributed by atoms with E-state index in [9.17, 15) is 9.59 Å². The second kappa shape index (κ2) is 7.00. The Bertz CT molecular complexity index is 563. The lowest BCUT2D eigenvalue weighted by atomic mass is 10.0. The third-order valence-corrected chi connectivity index (χ3v) is 3.63. The number of rotatable bonds is 2. The smallest absolute Gasteiger partial charge is 0.410 e. The molecule has 1 aromatic rings. The SMILES string of the molecule is CNC(=O)c1ccc(C2CN(C(=O)OC(C)(C)C)CCN2)cc1. The minimum atomic E-state index is -0.493. The zero-order valence-electron chi connectivity index (χ0n) is 14.2. The van der Waals surface area contributed by atoms with Crippen molar-refractivity contribution in [1.29, 1.82) is 0 Å². The lowest BCUT2D eigenvalue weighted by molar-refractivity contribution is 0.0195. The van der Waals surface area contributed by atoms with E-state index in [-0.39, 0.29) is 18.0 Å². The minimum Gasteiger partial charge on any atom is -0.444 e. The Balaban J connectivity index is 2.03. The largest absolute Gasteiger partial charge is 0.444 e. The molecule has 0 saturated carbocycles. The van der Waals surface area contributed by atoms with E-state index in [2.05, 4.69) is 10.6 Å². The number of amides is 2. The number of carbonyl (C=O) groups is 2. The normalized spacial score (nSPS) is 18.4. The quantitative estimate of drug-likeness (QED) is 0.874. The van der Waals surface area contributed by atoms with E-state index >= 15 is 0 Å². The number of nitrogens with zero attached hydrogens (tertiary/aromatic N) is 1. The predicted molar refractivity (Wildman–Crippen MR) is 88.4 cm³/mol. The summed E-state index contributed by atoms with van der Waals surface area (Å²) in [5.74, 6) is -0.108. The molecule has 0 aromatic heterocycles. The van der Waals surface area contributed by atoms with Gasteiger partial charge < -0.3 is 20.3 Å². The molecule has 0 spiro atoms. The molecule has 126 valence electrons. The number of ether oxygens (including phenoxy) is 1. The highest BCUT2D eigenvalue weighted by atomic mass is 16.6. The molecule has 6 heteroatoms. The zero-order valence-corrected chi connectivity index (χ0v) is 14.2. The van der Waals surface area contributed by atoms with Crippen molar-refractivity contribution in [2.24, 2.45) is 0 Å². The molecule has 6 nitrogen and oxygen atoms in total. The third kappa shape index (κ3) is 4.69. The van der Waals surface area contributed by atoms with E-state index < -0.39 is 5.60 Å². The van der Waals surface area contributed by atoms with Crippen molar-refractivity contribution < 1.29 is 14.3 Å². The summed E-state index contributed by atoms with van der Waals surface area (Å²) in [6.07, 6.45) is -0.286. The van der Waals surface area contributed by atoms with E-state index in [1.807, 2.05) is 32.9 Å². The van der Waals surface area contributed by atoms with Crippen molar-refractivity contribution in [3.8, 4) is 0 Å². The summed E-state index contributed by atoms with van der Waals surface area (Å²) in [6, 6.07) is 7.46. The Labute approximate surface area is 137 Å². The van der Waals surface area contributed by atoms with E-state index in [1.54, 1.807) is 24.1 Å². The molecule has 2 N–H and O–H groups in total. The average Bonchev–Trinajstić information content (AvgIpc) is 2.53. The maximum Gasteiger partial charge on any atom is 0.410 e. The van der Waals surface area contributed by atoms with Crippen LogP contribution < -0.4 is 10.6 Å². The van der Waals surface area contributed by atoms with Gasteiger partial charge in [-0.25, -0.2) is 4.79 Å². The maximum atomic E-state index is 12.2. The van der Waals surface area contributed by atoms with Crippen molar-refractivity contribution in [1.82, 2.24) is 15.5 Å². The van der Waals surface area contributed by atoms with Crippen LogP contribution in [0.4, 0.5) is 4.79 Å². The molecule has 23 heavy (non-hydrogen) atoms. The van der Waals surface area contributed by atoms with Crippen molar-refractivity contribution >= 4 is 12.0 Å². The van der Waals surface area contributed by atoms with Crippen molar-refractivity contribution in [2.45, 2.75) is 32.4 Å². The summed E-state index contributed by atoms with van der Waals surface area (Å²) in [5.41, 5.74) is 1.18. The average molecular weight is 319 g/mol. The van der Waals surface area contributed by atoms with Crippen LogP contribution in [-0.4, -0.2) is 49.2 Å². The second-order valence-corrected chi connectivity index (χ2v) is 6.63. The van der Waals surface area contributed by atoms with Gasteiger partial charge in [0.1, 0.15) is 5.60 Å². The van der Waals surface area contributed by atoms with Crippen LogP contribution in [0.1, 0.15) is 42.7 Å². The Morgan fingerprint density at radius 3 is 2.48 bits per heavy atom. The van der Waals surface area contributed by atoms with Crippen LogP contribution in [0.2, 0.25) is 0 Å². The monoisotopic (exact) mass is 319 g/mol. The summed E-state index contributed by atoms with van der Waals surface area (Å²) in [4.78, 5) is 25.5. The molecule has 1 aromatic carbocycles. The maximum absolute atomic E-state index is 12.2. The molecule has 0 bridgehead atoms. The van der Waals surface area contributed by atoms with Gasteiger partial charge in [-0.1, -0.05) is 12.1 Å². The van der Waals surface area contributed by atoms with Gasteiger partial charge >= 0.3 is 6.09 Å². The Morgan fingerprint density at radius 1 is 1.26 bits per heavy atom. The molecule has 1 unspecified atom stereocenters. The van der Waals surface area contributed by atoms with Crippen LogP contribution in [0.5, 0.6) is 0 Å². The number of benzene rings is 1. The first-order valence-corrected chi connectivity index (χ1v) is 7.83. The highest BCUT2D eigenvalue weighted by molar-refractivity contribution is 5.93. The number of hydrogen-bond donors (Lipinski definition) is 2. The fourth-order valence-electron chi connectivity index (χ4n) is 2.48. The van der Waals surface area contributed by atoms with Gasteiger partial charge in [-0.15, -0.1) is 0 Å². The summed E-state index contributed by atoms with van der Waals surface area (Å²) in [5, 5.41) is 6.00. The van der Waals surface area contributed by atoms with Crippen LogP contribution in [-0.2, 0) is 4.74 Å². The fraction of sp³-hybridized carbons (Fsp3) is 0.529. The zero-order chi connectivity index (χ0) is 17.0. The molecular formula is C17H25N3O3. The molecule has 1 aliphatic heterocycles. The first-order chi connectivity index (χ1) is 10.8. The van der Waals surface area contributed by atoms with Gasteiger partial charge in [-0.3, -0.25) is 4.79 Å². The number of hydrogen-bond acceptors (Lipinski definition) is 4. The Hall–Kier alpha value is -2.08. The molecule has 1 aliphatic rings. The third-order valence-electron chi connectivity index (χ3n) is 3.63. The molecule has 1 heterocycles. The topological polar surface area (TPSA) is 70.7 Å². The summed E-state index contributed by atoms with van der Waals surface area (Å²) in [6.45, 7) is 7.48. The van der Waals surface area contributed by atoms with Gasteiger partial charge in [0.2, 0.25) is 0 Å². The van der Waals surface area contributed by atoms with Crippen LogP contribution >= 0.6 is 0 Å². The van der Waals surface area contributed by atoms with Crippen LogP contribution in [0.15, 0.2) is 24.3 Å². The Kier molecular flexibility index (Phi) is 5.26. The highest BCUT2D eigenvalue weighted by Gasteiger charge is 2.28. The number of carbonyl (C=O) groups excluding carboxylic acids is 2. The standard InChI is InChI=1S/C17H25N3O3/c1-17(2,3)23-16(22)20-10-9-19-14(11-20)12-5-7-13(8-6-12)15(21)18-4/h5-8,14,19H,9-11H2,1-4H3,(H,18,21). The molecule has 1 atom stereocenters. The van der Waals surface area contributed by atoms with Crippen LogP contribution in [0.3, 0.4) is 0 Å². The van der Waals surface area contributed by atoms with Crippen molar-refractivity contribution in [3.05, 3.63) is 35.4 Å². The Morgan fingerprint density at radius 2 is 1.91 bits per heavy atom. The summed E-state index contributed by atoms with van der Waals surface area (Å²) >= 11 is 0. The van der Waals surface area contributed by atoms with Gasteiger partial charge in [0, 0.05) is 32.2 Å². The molecule has 1 saturated heterocycles.